The molecular formula is C32H43N3O5. The molecule has 216 valence electrons. The lowest BCUT2D eigenvalue weighted by Gasteiger charge is -2.62. The van der Waals surface area contributed by atoms with Crippen LogP contribution in [0.3, 0.4) is 0 Å². The number of hydrogen-bond acceptors (Lipinski definition) is 6. The Kier molecular flexibility index (Phi) is 8.08. The predicted molar refractivity (Wildman–Crippen MR) is 154 cm³/mol. The number of fused-ring (bicyclic) bond motifs is 2. The normalized spacial score (nSPS) is 31.7. The Morgan fingerprint density at radius 3 is 2.45 bits per heavy atom. The van der Waals surface area contributed by atoms with E-state index in [1.54, 1.807) is 12.0 Å². The first-order valence-electron chi connectivity index (χ1n) is 14.5. The molecule has 0 aromatic heterocycles. The van der Waals surface area contributed by atoms with Gasteiger partial charge < -0.3 is 20.8 Å². The Bertz CT molecular complexity index is 1230. The molecule has 3 saturated carbocycles. The fourth-order valence-electron chi connectivity index (χ4n) is 7.46. The number of hydrogen-bond donors (Lipinski definition) is 4. The van der Waals surface area contributed by atoms with Gasteiger partial charge in [-0.25, -0.2) is 0 Å². The first-order valence-corrected chi connectivity index (χ1v) is 14.5. The van der Waals surface area contributed by atoms with Crippen molar-refractivity contribution in [3.05, 3.63) is 54.1 Å². The number of aliphatic hydroxyl groups excluding tert-OH is 2. The van der Waals surface area contributed by atoms with E-state index >= 15 is 0 Å². The quantitative estimate of drug-likeness (QED) is 0.397. The molecule has 2 aromatic rings. The zero-order valence-electron chi connectivity index (χ0n) is 24.1. The van der Waals surface area contributed by atoms with Crippen LogP contribution >= 0.6 is 0 Å². The Labute approximate surface area is 237 Å². The Hall–Kier alpha value is -2.78. The highest BCUT2D eigenvalue weighted by molar-refractivity contribution is 5.89. The minimum Gasteiger partial charge on any atom is -0.394 e. The Balaban J connectivity index is 1.34. The molecule has 3 aliphatic carbocycles. The fraction of sp³-hybridized carbons (Fsp3) is 0.562. The molecule has 1 aliphatic heterocycles. The van der Waals surface area contributed by atoms with Crippen LogP contribution in [-0.4, -0.2) is 58.0 Å². The molecule has 4 fully saturated rings. The van der Waals surface area contributed by atoms with Gasteiger partial charge >= 0.3 is 0 Å². The van der Waals surface area contributed by atoms with Crippen LogP contribution < -0.4 is 10.6 Å². The predicted octanol–water partition coefficient (Wildman–Crippen LogP) is 3.97. The van der Waals surface area contributed by atoms with Crippen LogP contribution in [0.15, 0.2) is 48.5 Å². The Morgan fingerprint density at radius 1 is 1.12 bits per heavy atom. The Morgan fingerprint density at radius 2 is 1.85 bits per heavy atom. The largest absolute Gasteiger partial charge is 0.394 e. The average molecular weight is 550 g/mol. The summed E-state index contributed by atoms with van der Waals surface area (Å²) in [5, 5.41) is 28.5. The van der Waals surface area contributed by atoms with Gasteiger partial charge in [-0.05, 0) is 77.8 Å². The molecule has 4 aliphatic rings. The highest BCUT2D eigenvalue weighted by Gasteiger charge is 2.57. The summed E-state index contributed by atoms with van der Waals surface area (Å²) in [5.41, 5.74) is 3.99. The van der Waals surface area contributed by atoms with E-state index < -0.39 is 24.2 Å². The number of anilines is 1. The highest BCUT2D eigenvalue weighted by atomic mass is 16.7. The maximum Gasteiger partial charge on any atom is 0.240 e. The van der Waals surface area contributed by atoms with Crippen LogP contribution in [0.1, 0.15) is 53.0 Å². The number of carbonyl (C=O) groups is 2. The zero-order chi connectivity index (χ0) is 28.8. The topological polar surface area (TPSA) is 111 Å². The maximum atomic E-state index is 13.9. The smallest absolute Gasteiger partial charge is 0.240 e. The third kappa shape index (κ3) is 5.42. The molecule has 40 heavy (non-hydrogen) atoms. The SMILES string of the molecule is CC(=O)Nc1ccc(-c2cccc(CN3OC(CO)[C@@H]([C@H](C)O)[C@H]3C(=O)N[C@H]3C[C@H]4CC(C3C)C4(C)C)c2)cc1. The molecule has 8 heteroatoms. The molecule has 1 saturated heterocycles. The summed E-state index contributed by atoms with van der Waals surface area (Å²) in [5.74, 6) is 0.770. The van der Waals surface area contributed by atoms with Crippen molar-refractivity contribution in [1.29, 1.82) is 0 Å². The summed E-state index contributed by atoms with van der Waals surface area (Å²) in [6.45, 7) is 10.1. The van der Waals surface area contributed by atoms with Gasteiger partial charge in [-0.15, -0.1) is 0 Å². The van der Waals surface area contributed by atoms with Gasteiger partial charge in [-0.3, -0.25) is 14.4 Å². The van der Waals surface area contributed by atoms with Crippen LogP contribution in [0.5, 0.6) is 0 Å². The van der Waals surface area contributed by atoms with E-state index in [9.17, 15) is 19.8 Å². The van der Waals surface area contributed by atoms with Crippen molar-refractivity contribution < 1.29 is 24.6 Å². The van der Waals surface area contributed by atoms with Crippen LogP contribution in [0.25, 0.3) is 11.1 Å². The first-order chi connectivity index (χ1) is 19.0. The van der Waals surface area contributed by atoms with Gasteiger partial charge in [0.15, 0.2) is 0 Å². The molecule has 2 aromatic carbocycles. The summed E-state index contributed by atoms with van der Waals surface area (Å²) in [6, 6.07) is 15.0. The third-order valence-electron chi connectivity index (χ3n) is 9.87. The second-order valence-electron chi connectivity index (χ2n) is 12.7. The van der Waals surface area contributed by atoms with Crippen LogP contribution in [0, 0.1) is 29.1 Å². The minimum atomic E-state index is -0.831. The van der Waals surface area contributed by atoms with E-state index in [0.29, 0.717) is 29.7 Å². The molecule has 2 bridgehead atoms. The number of rotatable bonds is 8. The molecule has 1 heterocycles. The summed E-state index contributed by atoms with van der Waals surface area (Å²) in [4.78, 5) is 31.3. The number of nitrogens with one attached hydrogen (secondary N) is 2. The molecular weight excluding hydrogens is 506 g/mol. The molecule has 8 atom stereocenters. The van der Waals surface area contributed by atoms with Crippen molar-refractivity contribution >= 4 is 17.5 Å². The molecule has 6 rings (SSSR count). The molecule has 0 radical (unpaired) electrons. The monoisotopic (exact) mass is 549 g/mol. The lowest BCUT2D eigenvalue weighted by molar-refractivity contribution is -0.183. The van der Waals surface area contributed by atoms with Crippen LogP contribution in [0.2, 0.25) is 0 Å². The summed E-state index contributed by atoms with van der Waals surface area (Å²) in [6.07, 6.45) is 0.697. The van der Waals surface area contributed by atoms with E-state index in [-0.39, 0.29) is 24.5 Å². The summed E-state index contributed by atoms with van der Waals surface area (Å²) in [7, 11) is 0. The number of carbonyl (C=O) groups excluding carboxylic acids is 2. The van der Waals surface area contributed by atoms with Crippen molar-refractivity contribution in [3.63, 3.8) is 0 Å². The van der Waals surface area contributed by atoms with Gasteiger partial charge in [0.25, 0.3) is 0 Å². The first kappa shape index (κ1) is 28.7. The lowest BCUT2D eigenvalue weighted by atomic mass is 9.45. The minimum absolute atomic E-state index is 0.0951. The van der Waals surface area contributed by atoms with Crippen molar-refractivity contribution in [3.8, 4) is 11.1 Å². The highest BCUT2D eigenvalue weighted by Crippen LogP contribution is 2.61. The maximum absolute atomic E-state index is 13.9. The second kappa shape index (κ2) is 11.2. The second-order valence-corrected chi connectivity index (χ2v) is 12.7. The fourth-order valence-corrected chi connectivity index (χ4v) is 7.46. The van der Waals surface area contributed by atoms with Gasteiger partial charge in [-0.2, -0.15) is 5.06 Å². The van der Waals surface area contributed by atoms with Gasteiger partial charge in [0, 0.05) is 24.6 Å². The number of nitrogens with zero attached hydrogens (tertiary/aromatic N) is 1. The van der Waals surface area contributed by atoms with Gasteiger partial charge in [-0.1, -0.05) is 51.1 Å². The van der Waals surface area contributed by atoms with E-state index in [1.807, 2.05) is 48.5 Å². The van der Waals surface area contributed by atoms with E-state index in [4.69, 9.17) is 4.84 Å². The third-order valence-corrected chi connectivity index (χ3v) is 9.87. The lowest BCUT2D eigenvalue weighted by Crippen LogP contribution is -2.62. The van der Waals surface area contributed by atoms with Crippen LogP contribution in [0.4, 0.5) is 5.69 Å². The van der Waals surface area contributed by atoms with Crippen LogP contribution in [-0.2, 0) is 21.0 Å². The average Bonchev–Trinajstić information content (AvgIpc) is 3.28. The van der Waals surface area contributed by atoms with Gasteiger partial charge in [0.05, 0.1) is 19.3 Å². The standard InChI is InChI=1S/C32H43N3O5/c1-18-26-14-24(32(26,4)5)15-27(18)34-31(39)30-29(19(2)37)28(17-36)40-35(30)16-21-7-6-8-23(13-21)22-9-11-25(12-10-22)33-20(3)38/h6-13,18-19,24,26-30,36-37H,14-17H2,1-5H3,(H,33,38)(H,34,39)/t18?,19-,24+,26?,27-,28?,29+,30-/m0/s1. The molecule has 2 amide bonds. The molecule has 8 nitrogen and oxygen atoms in total. The number of benzene rings is 2. The molecule has 4 N–H and O–H groups in total. The van der Waals surface area contributed by atoms with Crippen molar-refractivity contribution in [2.75, 3.05) is 11.9 Å². The van der Waals surface area contributed by atoms with Crippen molar-refractivity contribution in [2.45, 2.75) is 78.3 Å². The van der Waals surface area contributed by atoms with Gasteiger partial charge in [0.2, 0.25) is 11.8 Å². The van der Waals surface area contributed by atoms with E-state index in [0.717, 1.165) is 28.8 Å². The number of amides is 2. The van der Waals surface area contributed by atoms with E-state index in [2.05, 4.69) is 31.4 Å². The van der Waals surface area contributed by atoms with Crippen molar-refractivity contribution in [2.24, 2.45) is 29.1 Å². The molecule has 0 spiro atoms. The van der Waals surface area contributed by atoms with E-state index in [1.165, 1.54) is 13.3 Å². The zero-order valence-corrected chi connectivity index (χ0v) is 24.1. The van der Waals surface area contributed by atoms with Crippen molar-refractivity contribution in [1.82, 2.24) is 10.4 Å². The number of aliphatic hydroxyl groups is 2. The van der Waals surface area contributed by atoms with Gasteiger partial charge in [0.1, 0.15) is 12.1 Å². The molecule has 3 unspecified atom stereocenters. The summed E-state index contributed by atoms with van der Waals surface area (Å²) < 4.78 is 0. The summed E-state index contributed by atoms with van der Waals surface area (Å²) >= 11 is 0. The number of hydroxylamine groups is 2.